The minimum Gasteiger partial charge on any atom is -0.338 e. The third-order valence-electron chi connectivity index (χ3n) is 3.41. The van der Waals surface area contributed by atoms with Crippen molar-refractivity contribution in [3.63, 3.8) is 0 Å². The van der Waals surface area contributed by atoms with Crippen LogP contribution in [0.5, 0.6) is 0 Å². The number of rotatable bonds is 5. The van der Waals surface area contributed by atoms with Gasteiger partial charge in [0.25, 0.3) is 0 Å². The molecule has 0 saturated carbocycles. The van der Waals surface area contributed by atoms with Crippen molar-refractivity contribution >= 4 is 38.8 Å². The van der Waals surface area contributed by atoms with Gasteiger partial charge in [0.2, 0.25) is 5.91 Å². The van der Waals surface area contributed by atoms with Gasteiger partial charge >= 0.3 is 0 Å². The van der Waals surface area contributed by atoms with Crippen LogP contribution in [-0.2, 0) is 14.6 Å². The highest BCUT2D eigenvalue weighted by Gasteiger charge is 2.35. The maximum absolute atomic E-state index is 12.6. The van der Waals surface area contributed by atoms with Crippen LogP contribution in [0.25, 0.3) is 0 Å². The zero-order chi connectivity index (χ0) is 15.6. The summed E-state index contributed by atoms with van der Waals surface area (Å²) in [5.74, 6) is 0.234. The molecule has 0 aliphatic carbocycles. The summed E-state index contributed by atoms with van der Waals surface area (Å²) in [6.45, 7) is 6.11. The van der Waals surface area contributed by atoms with Crippen molar-refractivity contribution in [1.82, 2.24) is 15.1 Å². The van der Waals surface area contributed by atoms with Crippen molar-refractivity contribution < 1.29 is 13.2 Å². The fourth-order valence-corrected chi connectivity index (χ4v) is 6.14. The maximum Gasteiger partial charge on any atom is 0.236 e. The molecule has 1 saturated heterocycles. The molecule has 1 aliphatic rings. The lowest BCUT2D eigenvalue weighted by Crippen LogP contribution is -2.44. The van der Waals surface area contributed by atoms with Gasteiger partial charge in [0.1, 0.15) is 5.01 Å². The minimum absolute atomic E-state index is 0.0301. The zero-order valence-corrected chi connectivity index (χ0v) is 14.7. The molecule has 0 radical (unpaired) electrons. The van der Waals surface area contributed by atoms with Crippen molar-refractivity contribution in [2.24, 2.45) is 0 Å². The van der Waals surface area contributed by atoms with E-state index in [-0.39, 0.29) is 28.7 Å². The molecule has 2 heterocycles. The molecular weight excluding hydrogens is 330 g/mol. The van der Waals surface area contributed by atoms with Gasteiger partial charge < -0.3 is 4.90 Å². The first-order chi connectivity index (χ1) is 9.82. The number of aryl methyl sites for hydroxylation is 1. The van der Waals surface area contributed by atoms with E-state index in [1.165, 1.54) is 23.1 Å². The number of carbonyl (C=O) groups is 1. The molecule has 21 heavy (non-hydrogen) atoms. The monoisotopic (exact) mass is 349 g/mol. The van der Waals surface area contributed by atoms with Crippen LogP contribution in [0.1, 0.15) is 25.3 Å². The highest BCUT2D eigenvalue weighted by molar-refractivity contribution is 8.02. The van der Waals surface area contributed by atoms with Crippen molar-refractivity contribution in [2.45, 2.75) is 42.8 Å². The van der Waals surface area contributed by atoms with Gasteiger partial charge in [0.15, 0.2) is 14.2 Å². The molecule has 1 fully saturated rings. The second-order valence-electron chi connectivity index (χ2n) is 5.03. The Kier molecular flexibility index (Phi) is 5.26. The van der Waals surface area contributed by atoms with E-state index in [0.717, 1.165) is 9.35 Å². The number of nitrogens with zero attached hydrogens (tertiary/aromatic N) is 3. The lowest BCUT2D eigenvalue weighted by atomic mass is 10.2. The summed E-state index contributed by atoms with van der Waals surface area (Å²) in [7, 11) is -2.99. The summed E-state index contributed by atoms with van der Waals surface area (Å²) >= 11 is 2.84. The molecule has 0 spiro atoms. The molecule has 0 N–H and O–H groups in total. The van der Waals surface area contributed by atoms with Crippen LogP contribution in [0.4, 0.5) is 0 Å². The molecule has 0 bridgehead atoms. The van der Waals surface area contributed by atoms with Crippen LogP contribution in [0.15, 0.2) is 4.34 Å². The van der Waals surface area contributed by atoms with Gasteiger partial charge in [0.05, 0.1) is 16.8 Å². The second kappa shape index (κ2) is 6.62. The largest absolute Gasteiger partial charge is 0.338 e. The molecule has 1 amide bonds. The standard InChI is InChI=1S/C12H19N3O3S3/c1-4-15(10-5-6-21(17,18)7-10)11(16)8(2)19-12-14-13-9(3)20-12/h8,10H,4-7H2,1-3H3/t8-,10-/m1/s1. The van der Waals surface area contributed by atoms with E-state index in [2.05, 4.69) is 10.2 Å². The molecule has 2 atom stereocenters. The highest BCUT2D eigenvalue weighted by atomic mass is 32.2. The van der Waals surface area contributed by atoms with Gasteiger partial charge in [-0.1, -0.05) is 23.1 Å². The number of thioether (sulfide) groups is 1. The smallest absolute Gasteiger partial charge is 0.236 e. The predicted octanol–water partition coefficient (Wildman–Crippen LogP) is 1.36. The number of hydrogen-bond acceptors (Lipinski definition) is 7. The molecule has 0 unspecified atom stereocenters. The van der Waals surface area contributed by atoms with E-state index in [9.17, 15) is 13.2 Å². The van der Waals surface area contributed by atoms with Gasteiger partial charge in [-0.25, -0.2) is 8.42 Å². The molecule has 9 heteroatoms. The van der Waals surface area contributed by atoms with E-state index in [0.29, 0.717) is 13.0 Å². The first-order valence-electron chi connectivity index (χ1n) is 6.80. The van der Waals surface area contributed by atoms with Crippen molar-refractivity contribution in [3.05, 3.63) is 5.01 Å². The average Bonchev–Trinajstić information content (AvgIpc) is 2.96. The summed E-state index contributed by atoms with van der Waals surface area (Å²) < 4.78 is 23.9. The van der Waals surface area contributed by atoms with Crippen molar-refractivity contribution in [1.29, 1.82) is 0 Å². The van der Waals surface area contributed by atoms with Crippen molar-refractivity contribution in [3.8, 4) is 0 Å². The van der Waals surface area contributed by atoms with Gasteiger partial charge in [0, 0.05) is 12.6 Å². The number of carbonyl (C=O) groups excluding carboxylic acids is 1. The Hall–Kier alpha value is -0.670. The highest BCUT2D eigenvalue weighted by Crippen LogP contribution is 2.28. The van der Waals surface area contributed by atoms with Gasteiger partial charge in [-0.3, -0.25) is 4.79 Å². The number of sulfone groups is 1. The van der Waals surface area contributed by atoms with Crippen LogP contribution < -0.4 is 0 Å². The number of amides is 1. The van der Waals surface area contributed by atoms with E-state index in [4.69, 9.17) is 0 Å². The maximum atomic E-state index is 12.6. The van der Waals surface area contributed by atoms with Crippen LogP contribution >= 0.6 is 23.1 Å². The Morgan fingerprint density at radius 2 is 2.24 bits per heavy atom. The number of aromatic nitrogens is 2. The molecular formula is C12H19N3O3S3. The molecule has 2 rings (SSSR count). The van der Waals surface area contributed by atoms with Gasteiger partial charge in [-0.2, -0.15) is 0 Å². The molecule has 1 aliphatic heterocycles. The molecule has 1 aromatic rings. The normalized spacial score (nSPS) is 22.1. The Bertz CT molecular complexity index is 614. The average molecular weight is 350 g/mol. The minimum atomic E-state index is -2.99. The summed E-state index contributed by atoms with van der Waals surface area (Å²) in [5.41, 5.74) is 0. The third-order valence-corrected chi connectivity index (χ3v) is 7.17. The van der Waals surface area contributed by atoms with E-state index in [1.807, 2.05) is 20.8 Å². The fraction of sp³-hybridized carbons (Fsp3) is 0.750. The van der Waals surface area contributed by atoms with E-state index in [1.54, 1.807) is 4.90 Å². The Labute approximate surface area is 133 Å². The summed E-state index contributed by atoms with van der Waals surface area (Å²) in [4.78, 5) is 14.2. The molecule has 1 aromatic heterocycles. The summed E-state index contributed by atoms with van der Waals surface area (Å²) in [6, 6.07) is -0.188. The van der Waals surface area contributed by atoms with Crippen molar-refractivity contribution in [2.75, 3.05) is 18.1 Å². The Balaban J connectivity index is 2.02. The van der Waals surface area contributed by atoms with E-state index < -0.39 is 9.84 Å². The second-order valence-corrected chi connectivity index (χ2v) is 10.0. The lowest BCUT2D eigenvalue weighted by molar-refractivity contribution is -0.131. The zero-order valence-electron chi connectivity index (χ0n) is 12.3. The third kappa shape index (κ3) is 4.17. The Morgan fingerprint density at radius 3 is 2.71 bits per heavy atom. The first kappa shape index (κ1) is 16.7. The van der Waals surface area contributed by atoms with Gasteiger partial charge in [-0.15, -0.1) is 10.2 Å². The SMILES string of the molecule is CCN(C(=O)[C@@H](C)Sc1nnc(C)s1)[C@@H]1CCS(=O)(=O)C1. The molecule has 118 valence electrons. The van der Waals surface area contributed by atoms with Crippen LogP contribution in [0.3, 0.4) is 0 Å². The van der Waals surface area contributed by atoms with Crippen LogP contribution in [0.2, 0.25) is 0 Å². The Morgan fingerprint density at radius 1 is 1.52 bits per heavy atom. The summed E-state index contributed by atoms with van der Waals surface area (Å²) in [5, 5.41) is 8.52. The first-order valence-corrected chi connectivity index (χ1v) is 10.3. The quantitative estimate of drug-likeness (QED) is 0.747. The topological polar surface area (TPSA) is 80.2 Å². The van der Waals surface area contributed by atoms with Crippen LogP contribution in [-0.4, -0.2) is 58.8 Å². The lowest BCUT2D eigenvalue weighted by Gasteiger charge is -2.29. The molecule has 0 aromatic carbocycles. The van der Waals surface area contributed by atoms with Gasteiger partial charge in [-0.05, 0) is 27.2 Å². The fourth-order valence-electron chi connectivity index (χ4n) is 2.38. The number of hydrogen-bond donors (Lipinski definition) is 0. The predicted molar refractivity (Wildman–Crippen MR) is 84.4 cm³/mol. The summed E-state index contributed by atoms with van der Waals surface area (Å²) in [6.07, 6.45) is 0.539. The van der Waals surface area contributed by atoms with E-state index >= 15 is 0 Å². The molecule has 6 nitrogen and oxygen atoms in total. The van der Waals surface area contributed by atoms with Crippen LogP contribution in [0, 0.1) is 6.92 Å².